The summed E-state index contributed by atoms with van der Waals surface area (Å²) in [4.78, 5) is 0.241. The minimum Gasteiger partial charge on any atom is -0.263 e. The van der Waals surface area contributed by atoms with Crippen LogP contribution >= 0.6 is 0 Å². The topological polar surface area (TPSA) is 43.4 Å². The van der Waals surface area contributed by atoms with Crippen molar-refractivity contribution in [2.75, 3.05) is 0 Å². The molecule has 1 unspecified atom stereocenters. The molecule has 0 aliphatic carbocycles. The second-order valence-corrected chi connectivity index (χ2v) is 5.66. The van der Waals surface area contributed by atoms with Crippen LogP contribution in [0.3, 0.4) is 0 Å². The first-order valence-corrected chi connectivity index (χ1v) is 6.77. The third-order valence-electron chi connectivity index (χ3n) is 2.35. The molecule has 0 amide bonds. The van der Waals surface area contributed by atoms with Gasteiger partial charge in [-0.1, -0.05) is 13.0 Å². The molecular formula is C12H18O3S. The summed E-state index contributed by atoms with van der Waals surface area (Å²) in [6, 6.07) is 5.19. The highest BCUT2D eigenvalue weighted by molar-refractivity contribution is 7.86. The van der Waals surface area contributed by atoms with E-state index in [1.165, 1.54) is 0 Å². The summed E-state index contributed by atoms with van der Waals surface area (Å²) in [6.45, 7) is 7.38. The molecule has 0 spiro atoms. The number of benzene rings is 1. The van der Waals surface area contributed by atoms with Crippen LogP contribution in [0.4, 0.5) is 0 Å². The van der Waals surface area contributed by atoms with Gasteiger partial charge in [0.1, 0.15) is 0 Å². The van der Waals surface area contributed by atoms with Gasteiger partial charge in [-0.15, -0.1) is 0 Å². The maximum atomic E-state index is 11.9. The summed E-state index contributed by atoms with van der Waals surface area (Å²) in [5.41, 5.74) is 1.85. The number of hydrogen-bond acceptors (Lipinski definition) is 3. The Balaban J connectivity index is 3.07. The molecule has 0 saturated heterocycles. The monoisotopic (exact) mass is 242 g/mol. The highest BCUT2D eigenvalue weighted by Crippen LogP contribution is 2.18. The lowest BCUT2D eigenvalue weighted by atomic mass is 10.2. The smallest absolute Gasteiger partial charge is 0.263 e. The maximum Gasteiger partial charge on any atom is 0.297 e. The Kier molecular flexibility index (Phi) is 4.10. The molecule has 0 radical (unpaired) electrons. The minimum absolute atomic E-state index is 0.241. The molecule has 0 N–H and O–H groups in total. The van der Waals surface area contributed by atoms with Gasteiger partial charge in [-0.05, 0) is 50.5 Å². The molecule has 1 rings (SSSR count). The molecule has 0 heterocycles. The zero-order valence-corrected chi connectivity index (χ0v) is 11.0. The molecular weight excluding hydrogens is 224 g/mol. The van der Waals surface area contributed by atoms with Gasteiger partial charge in [-0.25, -0.2) is 0 Å². The SMILES string of the molecule is CCC(C)OS(=O)(=O)c1cc(C)cc(C)c1. The average Bonchev–Trinajstić information content (AvgIpc) is 2.15. The lowest BCUT2D eigenvalue weighted by Crippen LogP contribution is -2.14. The van der Waals surface area contributed by atoms with E-state index in [2.05, 4.69) is 0 Å². The van der Waals surface area contributed by atoms with Crippen molar-refractivity contribution in [1.82, 2.24) is 0 Å². The van der Waals surface area contributed by atoms with Crippen molar-refractivity contribution >= 4 is 10.1 Å². The summed E-state index contributed by atoms with van der Waals surface area (Å²) in [7, 11) is -3.62. The third kappa shape index (κ3) is 3.32. The molecule has 4 heteroatoms. The van der Waals surface area contributed by atoms with Crippen molar-refractivity contribution in [2.45, 2.75) is 45.1 Å². The van der Waals surface area contributed by atoms with Gasteiger partial charge in [-0.3, -0.25) is 4.18 Å². The van der Waals surface area contributed by atoms with Crippen LogP contribution in [0.25, 0.3) is 0 Å². The van der Waals surface area contributed by atoms with Crippen molar-refractivity contribution in [2.24, 2.45) is 0 Å². The zero-order valence-electron chi connectivity index (χ0n) is 10.1. The van der Waals surface area contributed by atoms with Gasteiger partial charge in [0.2, 0.25) is 0 Å². The van der Waals surface area contributed by atoms with Crippen LogP contribution in [0.2, 0.25) is 0 Å². The Morgan fingerprint density at radius 2 is 1.69 bits per heavy atom. The Hall–Kier alpha value is -0.870. The van der Waals surface area contributed by atoms with Gasteiger partial charge < -0.3 is 0 Å². The van der Waals surface area contributed by atoms with Crippen LogP contribution in [0, 0.1) is 13.8 Å². The molecule has 1 aromatic rings. The maximum absolute atomic E-state index is 11.9. The fourth-order valence-corrected chi connectivity index (χ4v) is 2.76. The van der Waals surface area contributed by atoms with E-state index in [-0.39, 0.29) is 11.0 Å². The van der Waals surface area contributed by atoms with Gasteiger partial charge in [0, 0.05) is 0 Å². The molecule has 16 heavy (non-hydrogen) atoms. The largest absolute Gasteiger partial charge is 0.297 e. The van der Waals surface area contributed by atoms with Gasteiger partial charge in [-0.2, -0.15) is 8.42 Å². The first-order chi connectivity index (χ1) is 7.35. The van der Waals surface area contributed by atoms with Crippen molar-refractivity contribution < 1.29 is 12.6 Å². The lowest BCUT2D eigenvalue weighted by molar-refractivity contribution is 0.224. The summed E-state index contributed by atoms with van der Waals surface area (Å²) in [5.74, 6) is 0. The fourth-order valence-electron chi connectivity index (χ4n) is 1.42. The predicted octanol–water partition coefficient (Wildman–Crippen LogP) is 2.81. The molecule has 0 bridgehead atoms. The summed E-state index contributed by atoms with van der Waals surface area (Å²) < 4.78 is 28.8. The van der Waals surface area contributed by atoms with E-state index < -0.39 is 10.1 Å². The van der Waals surface area contributed by atoms with E-state index in [9.17, 15) is 8.42 Å². The summed E-state index contributed by atoms with van der Waals surface area (Å²) in [6.07, 6.45) is 0.384. The van der Waals surface area contributed by atoms with E-state index in [0.29, 0.717) is 6.42 Å². The molecule has 0 aromatic heterocycles. The van der Waals surface area contributed by atoms with Crippen LogP contribution in [-0.4, -0.2) is 14.5 Å². The van der Waals surface area contributed by atoms with Crippen LogP contribution in [0.15, 0.2) is 23.1 Å². The normalized spacial score (nSPS) is 13.8. The summed E-state index contributed by atoms with van der Waals surface area (Å²) >= 11 is 0. The molecule has 0 saturated carbocycles. The molecule has 0 aliphatic rings. The standard InChI is InChI=1S/C12H18O3S/c1-5-11(4)15-16(13,14)12-7-9(2)6-10(3)8-12/h6-8,11H,5H2,1-4H3. The Morgan fingerprint density at radius 1 is 1.19 bits per heavy atom. The third-order valence-corrected chi connectivity index (χ3v) is 3.74. The average molecular weight is 242 g/mol. The van der Waals surface area contributed by atoms with Crippen LogP contribution in [0.1, 0.15) is 31.4 Å². The van der Waals surface area contributed by atoms with Gasteiger partial charge in [0.15, 0.2) is 0 Å². The lowest BCUT2D eigenvalue weighted by Gasteiger charge is -2.11. The first kappa shape index (κ1) is 13.2. The van der Waals surface area contributed by atoms with E-state index in [0.717, 1.165) is 11.1 Å². The Morgan fingerprint density at radius 3 is 2.12 bits per heavy atom. The van der Waals surface area contributed by atoms with Gasteiger partial charge >= 0.3 is 0 Å². The molecule has 1 aromatic carbocycles. The Labute approximate surface area is 97.6 Å². The van der Waals surface area contributed by atoms with Crippen molar-refractivity contribution in [3.8, 4) is 0 Å². The Bertz CT molecular complexity index is 443. The summed E-state index contributed by atoms with van der Waals surface area (Å²) in [5, 5.41) is 0. The molecule has 3 nitrogen and oxygen atoms in total. The number of aryl methyl sites for hydroxylation is 2. The molecule has 0 fully saturated rings. The quantitative estimate of drug-likeness (QED) is 0.762. The number of hydrogen-bond donors (Lipinski definition) is 0. The van der Waals surface area contributed by atoms with Crippen LogP contribution < -0.4 is 0 Å². The first-order valence-electron chi connectivity index (χ1n) is 5.36. The van der Waals surface area contributed by atoms with Crippen LogP contribution in [-0.2, 0) is 14.3 Å². The molecule has 1 atom stereocenters. The zero-order chi connectivity index (χ0) is 12.3. The highest BCUT2D eigenvalue weighted by Gasteiger charge is 2.18. The van der Waals surface area contributed by atoms with E-state index >= 15 is 0 Å². The van der Waals surface area contributed by atoms with Gasteiger partial charge in [0.25, 0.3) is 10.1 Å². The number of rotatable bonds is 4. The van der Waals surface area contributed by atoms with E-state index in [1.807, 2.05) is 26.8 Å². The molecule has 0 aliphatic heterocycles. The van der Waals surface area contributed by atoms with Crippen molar-refractivity contribution in [1.29, 1.82) is 0 Å². The van der Waals surface area contributed by atoms with Gasteiger partial charge in [0.05, 0.1) is 11.0 Å². The molecule has 90 valence electrons. The highest BCUT2D eigenvalue weighted by atomic mass is 32.2. The predicted molar refractivity (Wildman–Crippen MR) is 63.9 cm³/mol. The minimum atomic E-state index is -3.62. The van der Waals surface area contributed by atoms with E-state index in [4.69, 9.17) is 4.18 Å². The second-order valence-electron chi connectivity index (χ2n) is 4.09. The fraction of sp³-hybridized carbons (Fsp3) is 0.500. The van der Waals surface area contributed by atoms with E-state index in [1.54, 1.807) is 19.1 Å². The van der Waals surface area contributed by atoms with Crippen molar-refractivity contribution in [3.05, 3.63) is 29.3 Å². The second kappa shape index (κ2) is 4.97. The van der Waals surface area contributed by atoms with Crippen LogP contribution in [0.5, 0.6) is 0 Å². The van der Waals surface area contributed by atoms with Crippen molar-refractivity contribution in [3.63, 3.8) is 0 Å².